The van der Waals surface area contributed by atoms with E-state index in [-0.39, 0.29) is 5.82 Å². The zero-order valence-electron chi connectivity index (χ0n) is 11.6. The van der Waals surface area contributed by atoms with Gasteiger partial charge in [-0.3, -0.25) is 4.79 Å². The number of primary amides is 1. The smallest absolute Gasteiger partial charge is 0.243 e. The van der Waals surface area contributed by atoms with Crippen LogP contribution in [0.1, 0.15) is 12.5 Å². The maximum atomic E-state index is 12.9. The summed E-state index contributed by atoms with van der Waals surface area (Å²) in [6.45, 7) is 1.72. The van der Waals surface area contributed by atoms with Crippen LogP contribution >= 0.6 is 11.6 Å². The second-order valence-corrected chi connectivity index (χ2v) is 5.57. The Labute approximate surface area is 127 Å². The summed E-state index contributed by atoms with van der Waals surface area (Å²) in [5.41, 5.74) is 6.10. The lowest BCUT2D eigenvalue weighted by atomic mass is 9.91. The third kappa shape index (κ3) is 3.95. The van der Waals surface area contributed by atoms with E-state index < -0.39 is 11.4 Å². The van der Waals surface area contributed by atoms with Crippen molar-refractivity contribution in [1.82, 2.24) is 0 Å². The molecule has 0 aromatic heterocycles. The highest BCUT2D eigenvalue weighted by molar-refractivity contribution is 6.30. The highest BCUT2D eigenvalue weighted by Gasteiger charge is 2.31. The van der Waals surface area contributed by atoms with Gasteiger partial charge in [0.2, 0.25) is 5.91 Å². The van der Waals surface area contributed by atoms with Crippen molar-refractivity contribution in [3.05, 3.63) is 64.9 Å². The molecule has 0 fully saturated rings. The molecular formula is C16H16ClFN2O. The summed E-state index contributed by atoms with van der Waals surface area (Å²) in [4.78, 5) is 11.8. The summed E-state index contributed by atoms with van der Waals surface area (Å²) in [5.74, 6) is -0.799. The molecule has 0 aliphatic rings. The summed E-state index contributed by atoms with van der Waals surface area (Å²) in [5, 5.41) is 3.73. The van der Waals surface area contributed by atoms with Crippen LogP contribution in [-0.2, 0) is 11.2 Å². The fraction of sp³-hybridized carbons (Fsp3) is 0.188. The molecule has 0 aliphatic carbocycles. The Kier molecular flexibility index (Phi) is 4.48. The van der Waals surface area contributed by atoms with Crippen LogP contribution in [0.4, 0.5) is 10.1 Å². The number of amides is 1. The van der Waals surface area contributed by atoms with Crippen LogP contribution in [0.25, 0.3) is 0 Å². The van der Waals surface area contributed by atoms with E-state index in [1.54, 1.807) is 43.3 Å². The molecule has 0 radical (unpaired) electrons. The van der Waals surface area contributed by atoms with Gasteiger partial charge in [0, 0.05) is 17.1 Å². The molecule has 5 heteroatoms. The summed E-state index contributed by atoms with van der Waals surface area (Å²) in [6.07, 6.45) is 0.352. The van der Waals surface area contributed by atoms with Crippen LogP contribution in [0.2, 0.25) is 5.02 Å². The Morgan fingerprint density at radius 3 is 2.29 bits per heavy atom. The van der Waals surface area contributed by atoms with Crippen molar-refractivity contribution in [2.24, 2.45) is 5.73 Å². The maximum Gasteiger partial charge on any atom is 0.243 e. The van der Waals surface area contributed by atoms with Crippen LogP contribution in [0.15, 0.2) is 48.5 Å². The Balaban J connectivity index is 2.21. The minimum absolute atomic E-state index is 0.315. The predicted molar refractivity (Wildman–Crippen MR) is 82.8 cm³/mol. The van der Waals surface area contributed by atoms with Crippen molar-refractivity contribution < 1.29 is 9.18 Å². The van der Waals surface area contributed by atoms with Crippen molar-refractivity contribution >= 4 is 23.2 Å². The molecule has 1 unspecified atom stereocenters. The fourth-order valence-corrected chi connectivity index (χ4v) is 2.18. The third-order valence-corrected chi connectivity index (χ3v) is 3.53. The van der Waals surface area contributed by atoms with Gasteiger partial charge in [0.25, 0.3) is 0 Å². The second kappa shape index (κ2) is 6.14. The molecule has 0 aliphatic heterocycles. The number of hydrogen-bond donors (Lipinski definition) is 2. The molecule has 0 saturated carbocycles. The van der Waals surface area contributed by atoms with Gasteiger partial charge in [-0.25, -0.2) is 4.39 Å². The Morgan fingerprint density at radius 2 is 1.76 bits per heavy atom. The van der Waals surface area contributed by atoms with Crippen LogP contribution < -0.4 is 11.1 Å². The minimum atomic E-state index is -0.980. The SMILES string of the molecule is CC(Cc1ccc(F)cc1)(Nc1ccc(Cl)cc1)C(N)=O. The first-order valence-electron chi connectivity index (χ1n) is 6.47. The Morgan fingerprint density at radius 1 is 1.19 bits per heavy atom. The molecule has 110 valence electrons. The molecule has 1 atom stereocenters. The molecular weight excluding hydrogens is 291 g/mol. The predicted octanol–water partition coefficient (Wildman–Crippen LogP) is 3.38. The molecule has 2 aromatic carbocycles. The monoisotopic (exact) mass is 306 g/mol. The van der Waals surface area contributed by atoms with Crippen LogP contribution in [0.5, 0.6) is 0 Å². The van der Waals surface area contributed by atoms with Gasteiger partial charge >= 0.3 is 0 Å². The number of benzene rings is 2. The van der Waals surface area contributed by atoms with Crippen molar-refractivity contribution in [3.8, 4) is 0 Å². The number of carbonyl (C=O) groups excluding carboxylic acids is 1. The largest absolute Gasteiger partial charge is 0.371 e. The zero-order valence-corrected chi connectivity index (χ0v) is 12.3. The van der Waals surface area contributed by atoms with Gasteiger partial charge in [0.1, 0.15) is 11.4 Å². The molecule has 0 spiro atoms. The van der Waals surface area contributed by atoms with Gasteiger partial charge in [0.05, 0.1) is 0 Å². The van der Waals surface area contributed by atoms with Gasteiger partial charge in [-0.2, -0.15) is 0 Å². The molecule has 0 bridgehead atoms. The standard InChI is InChI=1S/C16H16ClFN2O/c1-16(15(19)21,10-11-2-6-13(18)7-3-11)20-14-8-4-12(17)5-9-14/h2-9,20H,10H2,1H3,(H2,19,21). The minimum Gasteiger partial charge on any atom is -0.371 e. The quantitative estimate of drug-likeness (QED) is 0.890. The van der Waals surface area contributed by atoms with Gasteiger partial charge in [-0.1, -0.05) is 23.7 Å². The van der Waals surface area contributed by atoms with Crippen molar-refractivity contribution in [2.45, 2.75) is 18.9 Å². The average molecular weight is 307 g/mol. The summed E-state index contributed by atoms with van der Waals surface area (Å²) in [7, 11) is 0. The highest BCUT2D eigenvalue weighted by atomic mass is 35.5. The highest BCUT2D eigenvalue weighted by Crippen LogP contribution is 2.21. The first-order chi connectivity index (χ1) is 9.89. The number of nitrogens with two attached hydrogens (primary N) is 1. The summed E-state index contributed by atoms with van der Waals surface area (Å²) >= 11 is 5.84. The summed E-state index contributed by atoms with van der Waals surface area (Å²) in [6, 6.07) is 13.0. The first-order valence-corrected chi connectivity index (χ1v) is 6.85. The van der Waals surface area contributed by atoms with Crippen LogP contribution in [-0.4, -0.2) is 11.4 Å². The van der Waals surface area contributed by atoms with Gasteiger partial charge < -0.3 is 11.1 Å². The third-order valence-electron chi connectivity index (χ3n) is 3.28. The zero-order chi connectivity index (χ0) is 15.5. The lowest BCUT2D eigenvalue weighted by Gasteiger charge is -2.29. The Hall–Kier alpha value is -2.07. The van der Waals surface area contributed by atoms with E-state index in [0.29, 0.717) is 11.4 Å². The molecule has 0 heterocycles. The van der Waals surface area contributed by atoms with Gasteiger partial charge in [-0.05, 0) is 48.9 Å². The molecule has 2 rings (SSSR count). The van der Waals surface area contributed by atoms with Crippen LogP contribution in [0.3, 0.4) is 0 Å². The number of carbonyl (C=O) groups is 1. The number of hydrogen-bond acceptors (Lipinski definition) is 2. The Bertz CT molecular complexity index is 578. The van der Waals surface area contributed by atoms with Crippen molar-refractivity contribution in [1.29, 1.82) is 0 Å². The van der Waals surface area contributed by atoms with Crippen molar-refractivity contribution in [2.75, 3.05) is 5.32 Å². The lowest BCUT2D eigenvalue weighted by molar-refractivity contribution is -0.121. The number of nitrogens with one attached hydrogen (secondary N) is 1. The average Bonchev–Trinajstić information content (AvgIpc) is 2.44. The first kappa shape index (κ1) is 15.3. The van der Waals surface area contributed by atoms with E-state index in [2.05, 4.69) is 5.32 Å². The topological polar surface area (TPSA) is 55.1 Å². The van der Waals surface area contributed by atoms with Crippen LogP contribution in [0, 0.1) is 5.82 Å². The molecule has 21 heavy (non-hydrogen) atoms. The second-order valence-electron chi connectivity index (χ2n) is 5.13. The number of rotatable bonds is 5. The van der Waals surface area contributed by atoms with E-state index >= 15 is 0 Å². The lowest BCUT2D eigenvalue weighted by Crippen LogP contribution is -2.49. The maximum absolute atomic E-state index is 12.9. The van der Waals surface area contributed by atoms with E-state index in [9.17, 15) is 9.18 Å². The number of halogens is 2. The molecule has 1 amide bonds. The summed E-state index contributed by atoms with van der Waals surface area (Å²) < 4.78 is 12.9. The van der Waals surface area contributed by atoms with E-state index in [1.165, 1.54) is 12.1 Å². The molecule has 2 aromatic rings. The molecule has 3 nitrogen and oxygen atoms in total. The fourth-order valence-electron chi connectivity index (χ4n) is 2.06. The molecule has 0 saturated heterocycles. The van der Waals surface area contributed by atoms with Gasteiger partial charge in [-0.15, -0.1) is 0 Å². The van der Waals surface area contributed by atoms with E-state index in [1.807, 2.05) is 0 Å². The van der Waals surface area contributed by atoms with Gasteiger partial charge in [0.15, 0.2) is 0 Å². The molecule has 3 N–H and O–H groups in total. The van der Waals surface area contributed by atoms with E-state index in [0.717, 1.165) is 11.3 Å². The van der Waals surface area contributed by atoms with E-state index in [4.69, 9.17) is 17.3 Å². The number of anilines is 1. The van der Waals surface area contributed by atoms with Crippen molar-refractivity contribution in [3.63, 3.8) is 0 Å². The normalized spacial score (nSPS) is 13.5.